The number of benzene rings is 2. The van der Waals surface area contributed by atoms with Crippen LogP contribution in [0.15, 0.2) is 97.9 Å². The van der Waals surface area contributed by atoms with E-state index in [-0.39, 0.29) is 5.82 Å². The summed E-state index contributed by atoms with van der Waals surface area (Å²) >= 11 is 0. The number of aromatic amines is 1. The molecule has 5 N–H and O–H groups in total. The van der Waals surface area contributed by atoms with Crippen molar-refractivity contribution in [3.63, 3.8) is 0 Å². The summed E-state index contributed by atoms with van der Waals surface area (Å²) in [7, 11) is 0. The molecule has 0 radical (unpaired) electrons. The summed E-state index contributed by atoms with van der Waals surface area (Å²) in [6, 6.07) is 14.6. The molecule has 40 heavy (non-hydrogen) atoms. The molecule has 0 spiro atoms. The minimum atomic E-state index is -0.275. The molecule has 0 bridgehead atoms. The van der Waals surface area contributed by atoms with Gasteiger partial charge in [0, 0.05) is 23.9 Å². The van der Waals surface area contributed by atoms with Crippen LogP contribution in [0, 0.1) is 24.6 Å². The van der Waals surface area contributed by atoms with Crippen LogP contribution in [-0.4, -0.2) is 15.0 Å². The van der Waals surface area contributed by atoms with Gasteiger partial charge < -0.3 is 16.5 Å². The largest absolute Gasteiger partial charge is 0.405 e. The first-order valence-corrected chi connectivity index (χ1v) is 13.1. The number of imidazole rings is 1. The van der Waals surface area contributed by atoms with Crippen molar-refractivity contribution in [2.24, 2.45) is 11.7 Å². The molecule has 0 unspecified atom stereocenters. The fraction of sp³-hybridized carbons (Fsp3) is 0.176. The minimum absolute atomic E-state index is 0.275. The quantitative estimate of drug-likeness (QED) is 0.130. The van der Waals surface area contributed by atoms with Crippen LogP contribution in [0.1, 0.15) is 43.1 Å². The number of nitrogen functional groups attached to an aromatic ring is 1. The second-order valence-electron chi connectivity index (χ2n) is 9.30. The maximum Gasteiger partial charge on any atom is 0.178 e. The highest BCUT2D eigenvalue weighted by Gasteiger charge is 2.20. The van der Waals surface area contributed by atoms with E-state index in [4.69, 9.17) is 10.7 Å². The Labute approximate surface area is 236 Å². The number of nitrogens with two attached hydrogens (primary N) is 2. The number of nitrogens with zero attached hydrogens (tertiary/aromatic N) is 2. The van der Waals surface area contributed by atoms with Gasteiger partial charge in [0.15, 0.2) is 5.65 Å². The second kappa shape index (κ2) is 14.3. The smallest absolute Gasteiger partial charge is 0.178 e. The van der Waals surface area contributed by atoms with E-state index in [0.29, 0.717) is 18.0 Å². The van der Waals surface area contributed by atoms with Crippen LogP contribution in [0.2, 0.25) is 0 Å². The predicted molar refractivity (Wildman–Crippen MR) is 166 cm³/mol. The van der Waals surface area contributed by atoms with Gasteiger partial charge in [-0.25, -0.2) is 14.4 Å². The number of aromatic nitrogens is 3. The minimum Gasteiger partial charge on any atom is -0.405 e. The molecule has 1 aliphatic carbocycles. The maximum absolute atomic E-state index is 13.8. The molecular weight excluding hydrogens is 497 g/mol. The highest BCUT2D eigenvalue weighted by Crippen LogP contribution is 2.35. The standard InChI is InChI=1S/C30H29FN4.C2H5N.C2H2/c1-3-19(21-7-5-8-21)15-20(4-2)22-11-12-27(32)24(16-22)18-28-34-29-26(13-14-33-30(29)35-28)23-9-6-10-25(31)17-23;1-2-3;1-2/h3-4,6,9-17,21H,1,5,7-8,18,32H2,2H3,(H,33,34,35);2H,1,3H2;1-2H/b19-15+,20-4+;;. The maximum atomic E-state index is 13.8. The van der Waals surface area contributed by atoms with Crippen molar-refractivity contribution in [2.75, 3.05) is 5.73 Å². The van der Waals surface area contributed by atoms with Crippen LogP contribution < -0.4 is 11.5 Å². The molecular formula is C34H36FN5. The molecule has 0 aliphatic heterocycles. The van der Waals surface area contributed by atoms with Crippen molar-refractivity contribution in [1.29, 1.82) is 0 Å². The summed E-state index contributed by atoms with van der Waals surface area (Å²) in [4.78, 5) is 12.5. The lowest BCUT2D eigenvalue weighted by molar-refractivity contribution is 0.374. The van der Waals surface area contributed by atoms with Crippen molar-refractivity contribution in [1.82, 2.24) is 15.0 Å². The fourth-order valence-electron chi connectivity index (χ4n) is 4.66. The van der Waals surface area contributed by atoms with Crippen LogP contribution in [0.3, 0.4) is 0 Å². The number of anilines is 1. The third-order valence-electron chi connectivity index (χ3n) is 6.86. The van der Waals surface area contributed by atoms with Gasteiger partial charge in [0.2, 0.25) is 0 Å². The molecule has 1 aliphatic rings. The molecule has 0 atom stereocenters. The zero-order valence-corrected chi connectivity index (χ0v) is 22.9. The van der Waals surface area contributed by atoms with Crippen molar-refractivity contribution < 1.29 is 4.39 Å². The van der Waals surface area contributed by atoms with E-state index in [0.717, 1.165) is 44.9 Å². The predicted octanol–water partition coefficient (Wildman–Crippen LogP) is 7.59. The normalized spacial score (nSPS) is 13.3. The van der Waals surface area contributed by atoms with Gasteiger partial charge in [-0.2, -0.15) is 0 Å². The molecule has 1 fully saturated rings. The lowest BCUT2D eigenvalue weighted by atomic mass is 9.78. The van der Waals surface area contributed by atoms with Gasteiger partial charge in [0.25, 0.3) is 0 Å². The third kappa shape index (κ3) is 6.95. The first-order valence-electron chi connectivity index (χ1n) is 13.1. The van der Waals surface area contributed by atoms with E-state index in [2.05, 4.69) is 72.9 Å². The number of fused-ring (bicyclic) bond motifs is 1. The average Bonchev–Trinajstić information content (AvgIpc) is 3.35. The molecule has 5 rings (SSSR count). The van der Waals surface area contributed by atoms with E-state index in [1.54, 1.807) is 12.3 Å². The lowest BCUT2D eigenvalue weighted by Crippen LogP contribution is -2.12. The molecule has 2 heterocycles. The van der Waals surface area contributed by atoms with Gasteiger partial charge >= 0.3 is 0 Å². The SMILES string of the molecule is C#C.C=C/C(=C\C(=C/C)c1ccc(N)c(Cc2nc3nccc(-c4cccc(F)c4)c3[nH]2)c1)C1CCC1.C=CN. The number of H-pyrrole nitrogens is 1. The number of nitrogens with one attached hydrogen (secondary N) is 1. The molecule has 6 heteroatoms. The third-order valence-corrected chi connectivity index (χ3v) is 6.86. The zero-order chi connectivity index (χ0) is 29.1. The van der Waals surface area contributed by atoms with Gasteiger partial charge in [0.05, 0.1) is 5.52 Å². The first kappa shape index (κ1) is 29.7. The lowest BCUT2D eigenvalue weighted by Gasteiger charge is -2.27. The first-order chi connectivity index (χ1) is 19.5. The zero-order valence-electron chi connectivity index (χ0n) is 22.9. The monoisotopic (exact) mass is 533 g/mol. The van der Waals surface area contributed by atoms with Gasteiger partial charge in [-0.15, -0.1) is 12.8 Å². The molecule has 4 aromatic rings. The van der Waals surface area contributed by atoms with Crippen LogP contribution in [-0.2, 0) is 6.42 Å². The van der Waals surface area contributed by atoms with Crippen molar-refractivity contribution in [3.8, 4) is 24.0 Å². The molecule has 5 nitrogen and oxygen atoms in total. The number of rotatable bonds is 7. The van der Waals surface area contributed by atoms with Crippen LogP contribution in [0.4, 0.5) is 10.1 Å². The number of halogens is 1. The Bertz CT molecular complexity index is 1550. The Morgan fingerprint density at radius 2 is 1.90 bits per heavy atom. The van der Waals surface area contributed by atoms with E-state index < -0.39 is 0 Å². The fourth-order valence-corrected chi connectivity index (χ4v) is 4.66. The van der Waals surface area contributed by atoms with E-state index in [1.807, 2.05) is 24.3 Å². The van der Waals surface area contributed by atoms with Crippen molar-refractivity contribution >= 4 is 22.4 Å². The van der Waals surface area contributed by atoms with Gasteiger partial charge in [-0.3, -0.25) is 0 Å². The van der Waals surface area contributed by atoms with E-state index >= 15 is 0 Å². The summed E-state index contributed by atoms with van der Waals surface area (Å²) < 4.78 is 13.8. The Hall–Kier alpha value is -4.89. The van der Waals surface area contributed by atoms with Crippen molar-refractivity contribution in [3.05, 3.63) is 121 Å². The van der Waals surface area contributed by atoms with Crippen molar-refractivity contribution in [2.45, 2.75) is 32.6 Å². The number of pyridine rings is 1. The van der Waals surface area contributed by atoms with E-state index in [9.17, 15) is 4.39 Å². The summed E-state index contributed by atoms with van der Waals surface area (Å²) in [5, 5.41) is 0. The highest BCUT2D eigenvalue weighted by atomic mass is 19.1. The van der Waals surface area contributed by atoms with Gasteiger partial charge in [-0.05, 0) is 90.1 Å². The number of allylic oxidation sites excluding steroid dienone is 5. The summed E-state index contributed by atoms with van der Waals surface area (Å²) in [5.41, 5.74) is 19.3. The van der Waals surface area contributed by atoms with Crippen LogP contribution in [0.5, 0.6) is 0 Å². The number of hydrogen-bond acceptors (Lipinski definition) is 4. The molecule has 204 valence electrons. The Balaban J connectivity index is 0.000000827. The molecule has 2 aromatic carbocycles. The summed E-state index contributed by atoms with van der Waals surface area (Å²) in [6.07, 6.45) is 21.6. The summed E-state index contributed by atoms with van der Waals surface area (Å²) in [5.74, 6) is 1.10. The number of terminal acetylenes is 1. The molecule has 2 aromatic heterocycles. The Kier molecular flexibility index (Phi) is 10.6. The molecule has 0 amide bonds. The average molecular weight is 534 g/mol. The summed E-state index contributed by atoms with van der Waals surface area (Å²) in [6.45, 7) is 9.23. The van der Waals surface area contributed by atoms with Crippen LogP contribution in [0.25, 0.3) is 27.9 Å². The number of hydrogen-bond donors (Lipinski definition) is 3. The van der Waals surface area contributed by atoms with Gasteiger partial charge in [-0.1, -0.05) is 56.0 Å². The molecule has 1 saturated carbocycles. The highest BCUT2D eigenvalue weighted by molar-refractivity contribution is 5.89. The molecule has 0 saturated heterocycles. The second-order valence-corrected chi connectivity index (χ2v) is 9.30. The Morgan fingerprint density at radius 1 is 1.15 bits per heavy atom. The van der Waals surface area contributed by atoms with Gasteiger partial charge in [0.1, 0.15) is 11.6 Å². The Morgan fingerprint density at radius 3 is 2.52 bits per heavy atom. The topological polar surface area (TPSA) is 93.6 Å². The van der Waals surface area contributed by atoms with E-state index in [1.165, 1.54) is 43.2 Å². The van der Waals surface area contributed by atoms with Crippen LogP contribution >= 0.6 is 0 Å².